The molecule has 3 amide bonds. The Bertz CT molecular complexity index is 1440. The number of aryl methyl sites for hydroxylation is 1. The van der Waals surface area contributed by atoms with Crippen molar-refractivity contribution in [1.82, 2.24) is 4.98 Å². The largest absolute Gasteiger partial charge is 0.416 e. The van der Waals surface area contributed by atoms with Crippen LogP contribution in [0.4, 0.5) is 40.8 Å². The number of nitrogens with zero attached hydrogens (tertiary/aromatic N) is 1. The number of amides is 3. The van der Waals surface area contributed by atoms with Gasteiger partial charge in [-0.05, 0) is 60.3 Å². The summed E-state index contributed by atoms with van der Waals surface area (Å²) in [5.41, 5.74) is 6.95. The van der Waals surface area contributed by atoms with E-state index in [4.69, 9.17) is 5.73 Å². The standard InChI is InChI=1S/C25H20F3N5O2/c1-14-8-9-17(32-24(35)31-16-5-2-4-15(12-16)25(26,27)28)13-21(14)33-23(34)20-7-3-6-19-18(20)10-11-30-22(19)29/h2-13H,1H3,(H2,29,30)(H,33,34)(H2,31,32,35). The maximum atomic E-state index is 13.0. The molecule has 1 aromatic heterocycles. The molecule has 0 fully saturated rings. The minimum absolute atomic E-state index is 0.0114. The van der Waals surface area contributed by atoms with Gasteiger partial charge in [-0.15, -0.1) is 0 Å². The van der Waals surface area contributed by atoms with Crippen molar-refractivity contribution in [2.24, 2.45) is 0 Å². The molecule has 35 heavy (non-hydrogen) atoms. The molecular weight excluding hydrogens is 459 g/mol. The smallest absolute Gasteiger partial charge is 0.383 e. The normalized spacial score (nSPS) is 11.2. The summed E-state index contributed by atoms with van der Waals surface area (Å²) in [4.78, 5) is 29.4. The van der Waals surface area contributed by atoms with E-state index in [0.717, 1.165) is 17.7 Å². The van der Waals surface area contributed by atoms with Gasteiger partial charge in [0.25, 0.3) is 5.91 Å². The SMILES string of the molecule is Cc1ccc(NC(=O)Nc2cccc(C(F)(F)F)c2)cc1NC(=O)c1cccc2c(N)nccc12. The number of benzene rings is 3. The molecule has 0 aliphatic heterocycles. The van der Waals surface area contributed by atoms with Crippen LogP contribution in [-0.2, 0) is 6.18 Å². The third-order valence-corrected chi connectivity index (χ3v) is 5.27. The van der Waals surface area contributed by atoms with Crippen molar-refractivity contribution < 1.29 is 22.8 Å². The monoisotopic (exact) mass is 479 g/mol. The molecule has 0 aliphatic rings. The Balaban J connectivity index is 1.50. The van der Waals surface area contributed by atoms with Gasteiger partial charge in [0, 0.05) is 34.2 Å². The third kappa shape index (κ3) is 5.32. The van der Waals surface area contributed by atoms with Crippen LogP contribution in [-0.4, -0.2) is 16.9 Å². The maximum absolute atomic E-state index is 13.0. The second-order valence-corrected chi connectivity index (χ2v) is 7.74. The second kappa shape index (κ2) is 9.34. The van der Waals surface area contributed by atoms with Gasteiger partial charge in [0.2, 0.25) is 0 Å². The van der Waals surface area contributed by atoms with Crippen LogP contribution in [0.3, 0.4) is 0 Å². The van der Waals surface area contributed by atoms with Crippen molar-refractivity contribution in [2.75, 3.05) is 21.7 Å². The summed E-state index contributed by atoms with van der Waals surface area (Å²) < 4.78 is 38.7. The Labute approximate surface area is 198 Å². The summed E-state index contributed by atoms with van der Waals surface area (Å²) in [6.45, 7) is 1.78. The van der Waals surface area contributed by atoms with Gasteiger partial charge in [0.1, 0.15) is 5.82 Å². The van der Waals surface area contributed by atoms with Crippen LogP contribution in [0.5, 0.6) is 0 Å². The zero-order chi connectivity index (χ0) is 25.2. The first kappa shape index (κ1) is 23.6. The molecule has 0 saturated carbocycles. The molecule has 0 aliphatic carbocycles. The summed E-state index contributed by atoms with van der Waals surface area (Å²) in [5.74, 6) is -0.0684. The number of nitrogen functional groups attached to an aromatic ring is 1. The Kier molecular flexibility index (Phi) is 6.28. The fourth-order valence-corrected chi connectivity index (χ4v) is 3.52. The molecule has 0 bridgehead atoms. The molecule has 4 rings (SSSR count). The molecule has 5 N–H and O–H groups in total. The minimum Gasteiger partial charge on any atom is -0.383 e. The number of alkyl halides is 3. The number of urea groups is 1. The molecule has 0 saturated heterocycles. The Morgan fingerprint density at radius 1 is 0.857 bits per heavy atom. The molecule has 1 heterocycles. The first-order valence-electron chi connectivity index (χ1n) is 10.4. The zero-order valence-corrected chi connectivity index (χ0v) is 18.4. The lowest BCUT2D eigenvalue weighted by Crippen LogP contribution is -2.20. The van der Waals surface area contributed by atoms with E-state index in [1.165, 1.54) is 18.3 Å². The Morgan fingerprint density at radius 3 is 2.31 bits per heavy atom. The first-order valence-corrected chi connectivity index (χ1v) is 10.4. The van der Waals surface area contributed by atoms with Gasteiger partial charge in [0.05, 0.1) is 5.56 Å². The number of carbonyl (C=O) groups is 2. The number of nitrogens with two attached hydrogens (primary N) is 1. The average Bonchev–Trinajstić information content (AvgIpc) is 2.81. The van der Waals surface area contributed by atoms with Gasteiger partial charge in [-0.3, -0.25) is 4.79 Å². The molecular formula is C25H20F3N5O2. The highest BCUT2D eigenvalue weighted by atomic mass is 19.4. The highest BCUT2D eigenvalue weighted by Gasteiger charge is 2.30. The summed E-state index contributed by atoms with van der Waals surface area (Å²) in [5, 5.41) is 9.06. The van der Waals surface area contributed by atoms with E-state index in [-0.39, 0.29) is 11.6 Å². The van der Waals surface area contributed by atoms with Crippen LogP contribution < -0.4 is 21.7 Å². The lowest BCUT2D eigenvalue weighted by atomic mass is 10.0. The highest BCUT2D eigenvalue weighted by Crippen LogP contribution is 2.31. The lowest BCUT2D eigenvalue weighted by molar-refractivity contribution is -0.137. The molecule has 0 unspecified atom stereocenters. The van der Waals surface area contributed by atoms with Crippen LogP contribution in [0.25, 0.3) is 10.8 Å². The van der Waals surface area contributed by atoms with Crippen molar-refractivity contribution in [2.45, 2.75) is 13.1 Å². The van der Waals surface area contributed by atoms with Crippen molar-refractivity contribution in [3.8, 4) is 0 Å². The number of rotatable bonds is 4. The summed E-state index contributed by atoms with van der Waals surface area (Å²) >= 11 is 0. The number of halogens is 3. The van der Waals surface area contributed by atoms with Gasteiger partial charge >= 0.3 is 12.2 Å². The molecule has 10 heteroatoms. The molecule has 0 atom stereocenters. The first-order chi connectivity index (χ1) is 16.6. The lowest BCUT2D eigenvalue weighted by Gasteiger charge is -2.14. The van der Waals surface area contributed by atoms with Crippen LogP contribution >= 0.6 is 0 Å². The minimum atomic E-state index is -4.52. The number of fused-ring (bicyclic) bond motifs is 1. The van der Waals surface area contributed by atoms with E-state index < -0.39 is 17.8 Å². The number of pyridine rings is 1. The van der Waals surface area contributed by atoms with Gasteiger partial charge in [0.15, 0.2) is 0 Å². The van der Waals surface area contributed by atoms with Crippen molar-refractivity contribution in [1.29, 1.82) is 0 Å². The van der Waals surface area contributed by atoms with Crippen LogP contribution in [0.1, 0.15) is 21.5 Å². The molecule has 7 nitrogen and oxygen atoms in total. The van der Waals surface area contributed by atoms with Gasteiger partial charge in [-0.1, -0.05) is 24.3 Å². The second-order valence-electron chi connectivity index (χ2n) is 7.74. The van der Waals surface area contributed by atoms with E-state index in [1.54, 1.807) is 49.4 Å². The van der Waals surface area contributed by atoms with E-state index in [0.29, 0.717) is 33.5 Å². The van der Waals surface area contributed by atoms with Crippen molar-refractivity contribution in [3.05, 3.63) is 89.6 Å². The number of anilines is 4. The van der Waals surface area contributed by atoms with Gasteiger partial charge < -0.3 is 21.7 Å². The van der Waals surface area contributed by atoms with E-state index in [2.05, 4.69) is 20.9 Å². The number of nitrogens with one attached hydrogen (secondary N) is 3. The van der Waals surface area contributed by atoms with Crippen LogP contribution in [0.15, 0.2) is 72.9 Å². The van der Waals surface area contributed by atoms with Crippen molar-refractivity contribution >= 4 is 45.6 Å². The molecule has 178 valence electrons. The summed E-state index contributed by atoms with van der Waals surface area (Å²) in [7, 11) is 0. The number of aromatic nitrogens is 1. The number of hydrogen-bond donors (Lipinski definition) is 4. The highest BCUT2D eigenvalue weighted by molar-refractivity contribution is 6.14. The average molecular weight is 479 g/mol. The fraction of sp³-hybridized carbons (Fsp3) is 0.0800. The fourth-order valence-electron chi connectivity index (χ4n) is 3.52. The third-order valence-electron chi connectivity index (χ3n) is 5.27. The van der Waals surface area contributed by atoms with Gasteiger partial charge in [-0.2, -0.15) is 13.2 Å². The topological polar surface area (TPSA) is 109 Å². The number of hydrogen-bond acceptors (Lipinski definition) is 4. The zero-order valence-electron chi connectivity index (χ0n) is 18.4. The number of carbonyl (C=O) groups excluding carboxylic acids is 2. The predicted molar refractivity (Wildman–Crippen MR) is 129 cm³/mol. The van der Waals surface area contributed by atoms with E-state index in [1.807, 2.05) is 0 Å². The van der Waals surface area contributed by atoms with Crippen molar-refractivity contribution in [3.63, 3.8) is 0 Å². The molecule has 4 aromatic rings. The van der Waals surface area contributed by atoms with E-state index in [9.17, 15) is 22.8 Å². The molecule has 3 aromatic carbocycles. The molecule has 0 radical (unpaired) electrons. The molecule has 0 spiro atoms. The van der Waals surface area contributed by atoms with E-state index >= 15 is 0 Å². The predicted octanol–water partition coefficient (Wildman–Crippen LogP) is 6.04. The quantitative estimate of drug-likeness (QED) is 0.286. The van der Waals surface area contributed by atoms with Crippen LogP contribution in [0.2, 0.25) is 0 Å². The maximum Gasteiger partial charge on any atom is 0.416 e. The summed E-state index contributed by atoms with van der Waals surface area (Å²) in [6.07, 6.45) is -3.00. The Morgan fingerprint density at radius 2 is 1.57 bits per heavy atom. The van der Waals surface area contributed by atoms with Gasteiger partial charge in [-0.25, -0.2) is 9.78 Å². The Hall–Kier alpha value is -4.60. The van der Waals surface area contributed by atoms with Crippen LogP contribution in [0, 0.1) is 6.92 Å². The summed E-state index contributed by atoms with van der Waals surface area (Å²) in [6, 6.07) is 15.3.